The van der Waals surface area contributed by atoms with Gasteiger partial charge in [-0.1, -0.05) is 12.1 Å². The van der Waals surface area contributed by atoms with E-state index in [4.69, 9.17) is 16.2 Å². The summed E-state index contributed by atoms with van der Waals surface area (Å²) in [7, 11) is 1.40. The maximum atomic E-state index is 13.1. The molecule has 0 aliphatic heterocycles. The summed E-state index contributed by atoms with van der Waals surface area (Å²) in [4.78, 5) is 3.77. The van der Waals surface area contributed by atoms with Crippen molar-refractivity contribution in [1.82, 2.24) is 0 Å². The molecule has 4 N–H and O–H groups in total. The number of ether oxygens (including phenoxy) is 1. The fraction of sp³-hybridized carbons (Fsp3) is 0.222. The molecule has 0 fully saturated rings. The number of guanidine groups is 1. The summed E-state index contributed by atoms with van der Waals surface area (Å²) in [5.74, 6) is -0.274. The van der Waals surface area contributed by atoms with Crippen LogP contribution in [0.1, 0.15) is 5.56 Å². The normalized spacial score (nSPS) is 9.57. The molecule has 1 rings (SSSR count). The van der Waals surface area contributed by atoms with Gasteiger partial charge in [0.2, 0.25) is 0 Å². The maximum absolute atomic E-state index is 13.1. The molecular formula is C9H12FN3O. The minimum atomic E-state index is -0.421. The number of benzene rings is 1. The Bertz CT molecular complexity index is 348. The highest BCUT2D eigenvalue weighted by Gasteiger charge is 2.07. The van der Waals surface area contributed by atoms with Crippen molar-refractivity contribution in [3.63, 3.8) is 0 Å². The summed E-state index contributed by atoms with van der Waals surface area (Å²) in [6, 6.07) is 4.60. The lowest BCUT2D eigenvalue weighted by molar-refractivity contribution is 0.381. The zero-order valence-electron chi connectivity index (χ0n) is 7.83. The van der Waals surface area contributed by atoms with Crippen molar-refractivity contribution in [2.75, 3.05) is 7.11 Å². The highest BCUT2D eigenvalue weighted by atomic mass is 19.1. The number of methoxy groups -OCH3 is 1. The average molecular weight is 197 g/mol. The van der Waals surface area contributed by atoms with Crippen molar-refractivity contribution in [1.29, 1.82) is 0 Å². The number of para-hydroxylation sites is 1. The van der Waals surface area contributed by atoms with E-state index in [2.05, 4.69) is 4.99 Å². The van der Waals surface area contributed by atoms with Crippen molar-refractivity contribution in [2.24, 2.45) is 16.5 Å². The molecule has 0 bridgehead atoms. The number of rotatable bonds is 3. The SMILES string of the molecule is COc1c(F)cccc1CN=C(N)N. The summed E-state index contributed by atoms with van der Waals surface area (Å²) in [6.45, 7) is 0.212. The van der Waals surface area contributed by atoms with E-state index < -0.39 is 5.82 Å². The van der Waals surface area contributed by atoms with Gasteiger partial charge < -0.3 is 16.2 Å². The van der Waals surface area contributed by atoms with Crippen molar-refractivity contribution in [2.45, 2.75) is 6.54 Å². The third-order valence-electron chi connectivity index (χ3n) is 1.68. The molecule has 0 heterocycles. The number of hydrogen-bond donors (Lipinski definition) is 2. The molecule has 0 aliphatic carbocycles. The van der Waals surface area contributed by atoms with Crippen molar-refractivity contribution >= 4 is 5.96 Å². The molecule has 0 radical (unpaired) electrons. The first kappa shape index (κ1) is 10.3. The maximum Gasteiger partial charge on any atom is 0.186 e. The van der Waals surface area contributed by atoms with E-state index in [-0.39, 0.29) is 18.3 Å². The molecule has 5 heteroatoms. The van der Waals surface area contributed by atoms with Crippen LogP contribution in [0.5, 0.6) is 5.75 Å². The predicted molar refractivity (Wildman–Crippen MR) is 52.5 cm³/mol. The molecule has 0 atom stereocenters. The van der Waals surface area contributed by atoms with Gasteiger partial charge in [0.15, 0.2) is 17.5 Å². The second-order valence-electron chi connectivity index (χ2n) is 2.67. The summed E-state index contributed by atoms with van der Waals surface area (Å²) in [5.41, 5.74) is 10.9. The summed E-state index contributed by atoms with van der Waals surface area (Å²) >= 11 is 0. The van der Waals surface area contributed by atoms with E-state index in [0.717, 1.165) is 0 Å². The van der Waals surface area contributed by atoms with Crippen LogP contribution in [-0.4, -0.2) is 13.1 Å². The van der Waals surface area contributed by atoms with Gasteiger partial charge in [0.05, 0.1) is 13.7 Å². The molecule has 0 saturated heterocycles. The lowest BCUT2D eigenvalue weighted by Crippen LogP contribution is -2.22. The first-order chi connectivity index (χ1) is 6.65. The van der Waals surface area contributed by atoms with Gasteiger partial charge in [0.25, 0.3) is 0 Å². The van der Waals surface area contributed by atoms with Gasteiger partial charge in [-0.3, -0.25) is 0 Å². The van der Waals surface area contributed by atoms with Crippen LogP contribution in [0.4, 0.5) is 4.39 Å². The quantitative estimate of drug-likeness (QED) is 0.550. The minimum absolute atomic E-state index is 0.0312. The molecule has 0 amide bonds. The molecular weight excluding hydrogens is 185 g/mol. The first-order valence-corrected chi connectivity index (χ1v) is 4.02. The standard InChI is InChI=1S/C9H12FN3O/c1-14-8-6(5-13-9(11)12)3-2-4-7(8)10/h2-4H,5H2,1H3,(H4,11,12,13). The van der Waals surface area contributed by atoms with Gasteiger partial charge >= 0.3 is 0 Å². The smallest absolute Gasteiger partial charge is 0.186 e. The zero-order valence-corrected chi connectivity index (χ0v) is 7.83. The van der Waals surface area contributed by atoms with Crippen molar-refractivity contribution in [3.05, 3.63) is 29.6 Å². The highest BCUT2D eigenvalue weighted by molar-refractivity contribution is 5.75. The van der Waals surface area contributed by atoms with E-state index >= 15 is 0 Å². The lowest BCUT2D eigenvalue weighted by Gasteiger charge is -2.06. The van der Waals surface area contributed by atoms with E-state index in [9.17, 15) is 4.39 Å². The van der Waals surface area contributed by atoms with E-state index in [1.807, 2.05) is 0 Å². The van der Waals surface area contributed by atoms with Gasteiger partial charge in [-0.15, -0.1) is 0 Å². The Kier molecular flexibility index (Phi) is 3.28. The summed E-state index contributed by atoms with van der Waals surface area (Å²) in [5, 5.41) is 0. The minimum Gasteiger partial charge on any atom is -0.493 e. The van der Waals surface area contributed by atoms with Gasteiger partial charge in [-0.25, -0.2) is 9.38 Å². The van der Waals surface area contributed by atoms with Crippen LogP contribution in [0.15, 0.2) is 23.2 Å². The Balaban J connectivity index is 2.96. The zero-order chi connectivity index (χ0) is 10.6. The molecule has 1 aromatic rings. The van der Waals surface area contributed by atoms with Gasteiger partial charge in [0.1, 0.15) is 0 Å². The largest absolute Gasteiger partial charge is 0.493 e. The Hall–Kier alpha value is -1.78. The Morgan fingerprint density at radius 2 is 2.21 bits per heavy atom. The Morgan fingerprint density at radius 1 is 1.50 bits per heavy atom. The van der Waals surface area contributed by atoms with Crippen LogP contribution in [0.25, 0.3) is 0 Å². The number of nitrogens with two attached hydrogens (primary N) is 2. The third-order valence-corrected chi connectivity index (χ3v) is 1.68. The van der Waals surface area contributed by atoms with Gasteiger partial charge in [-0.05, 0) is 6.07 Å². The molecule has 0 spiro atoms. The van der Waals surface area contributed by atoms with Crippen LogP contribution >= 0.6 is 0 Å². The first-order valence-electron chi connectivity index (χ1n) is 4.02. The molecule has 76 valence electrons. The molecule has 0 aliphatic rings. The van der Waals surface area contributed by atoms with Crippen LogP contribution in [-0.2, 0) is 6.54 Å². The topological polar surface area (TPSA) is 73.6 Å². The number of hydrogen-bond acceptors (Lipinski definition) is 2. The third kappa shape index (κ3) is 2.35. The van der Waals surface area contributed by atoms with Gasteiger partial charge in [-0.2, -0.15) is 0 Å². The lowest BCUT2D eigenvalue weighted by atomic mass is 10.2. The fourth-order valence-corrected chi connectivity index (χ4v) is 1.08. The average Bonchev–Trinajstić information content (AvgIpc) is 2.14. The van der Waals surface area contributed by atoms with E-state index in [1.165, 1.54) is 13.2 Å². The number of nitrogens with zero attached hydrogens (tertiary/aromatic N) is 1. The second-order valence-corrected chi connectivity index (χ2v) is 2.67. The second kappa shape index (κ2) is 4.45. The van der Waals surface area contributed by atoms with Crippen LogP contribution < -0.4 is 16.2 Å². The Labute approximate surface area is 81.4 Å². The van der Waals surface area contributed by atoms with E-state index in [1.54, 1.807) is 12.1 Å². The van der Waals surface area contributed by atoms with Crippen LogP contribution in [0, 0.1) is 5.82 Å². The highest BCUT2D eigenvalue weighted by Crippen LogP contribution is 2.22. The molecule has 0 unspecified atom stereocenters. The molecule has 14 heavy (non-hydrogen) atoms. The molecule has 1 aromatic carbocycles. The molecule has 0 aromatic heterocycles. The monoisotopic (exact) mass is 197 g/mol. The summed E-state index contributed by atoms with van der Waals surface area (Å²) in [6.07, 6.45) is 0. The van der Waals surface area contributed by atoms with Crippen LogP contribution in [0.2, 0.25) is 0 Å². The van der Waals surface area contributed by atoms with Crippen molar-refractivity contribution in [3.8, 4) is 5.75 Å². The van der Waals surface area contributed by atoms with Crippen LogP contribution in [0.3, 0.4) is 0 Å². The Morgan fingerprint density at radius 3 is 2.79 bits per heavy atom. The van der Waals surface area contributed by atoms with E-state index in [0.29, 0.717) is 5.56 Å². The predicted octanol–water partition coefficient (Wildman–Crippen LogP) is 0.608. The summed E-state index contributed by atoms with van der Waals surface area (Å²) < 4.78 is 18.0. The van der Waals surface area contributed by atoms with Crippen molar-refractivity contribution < 1.29 is 9.13 Å². The van der Waals surface area contributed by atoms with Gasteiger partial charge in [0, 0.05) is 5.56 Å². The number of aliphatic imine (C=N–C) groups is 1. The molecule has 0 saturated carbocycles. The molecule has 4 nitrogen and oxygen atoms in total. The number of halogens is 1. The fourth-order valence-electron chi connectivity index (χ4n) is 1.08.